The molecular weight excluding hydrogens is 256 g/mol. The largest absolute Gasteiger partial charge is 0.379 e. The lowest BCUT2D eigenvalue weighted by Crippen LogP contribution is -2.42. The van der Waals surface area contributed by atoms with Crippen LogP contribution in [0.4, 0.5) is 5.69 Å². The van der Waals surface area contributed by atoms with Crippen LogP contribution in [0.1, 0.15) is 52.4 Å². The molecule has 0 heterocycles. The highest BCUT2D eigenvalue weighted by Gasteiger charge is 2.21. The van der Waals surface area contributed by atoms with Gasteiger partial charge in [-0.05, 0) is 31.5 Å². The Kier molecular flexibility index (Phi) is 7.25. The zero-order chi connectivity index (χ0) is 14.1. The van der Waals surface area contributed by atoms with Gasteiger partial charge < -0.3 is 11.1 Å². The van der Waals surface area contributed by atoms with Crippen molar-refractivity contribution in [2.75, 3.05) is 11.9 Å². The third kappa shape index (κ3) is 6.31. The van der Waals surface area contributed by atoms with E-state index in [-0.39, 0.29) is 5.54 Å². The Morgan fingerprint density at radius 3 is 2.58 bits per heavy atom. The van der Waals surface area contributed by atoms with Gasteiger partial charge in [-0.15, -0.1) is 0 Å². The predicted octanol–water partition coefficient (Wildman–Crippen LogP) is 4.83. The van der Waals surface area contributed by atoms with E-state index in [0.717, 1.165) is 17.1 Å². The van der Waals surface area contributed by atoms with E-state index in [4.69, 9.17) is 17.3 Å². The zero-order valence-corrected chi connectivity index (χ0v) is 13.0. The summed E-state index contributed by atoms with van der Waals surface area (Å²) < 4.78 is 0. The third-order valence-corrected chi connectivity index (χ3v) is 3.79. The van der Waals surface area contributed by atoms with Crippen molar-refractivity contribution in [3.8, 4) is 0 Å². The number of unbranched alkanes of at least 4 members (excludes halogenated alkanes) is 4. The first kappa shape index (κ1) is 16.3. The Labute approximate surface area is 122 Å². The number of halogens is 1. The van der Waals surface area contributed by atoms with E-state index in [1.54, 1.807) is 0 Å². The molecule has 1 unspecified atom stereocenters. The Bertz CT molecular complexity index is 368. The molecule has 3 N–H and O–H groups in total. The fraction of sp³-hybridized carbons (Fsp3) is 0.625. The second kappa shape index (κ2) is 8.44. The van der Waals surface area contributed by atoms with Crippen LogP contribution in [0.2, 0.25) is 5.02 Å². The molecule has 3 heteroatoms. The summed E-state index contributed by atoms with van der Waals surface area (Å²) in [5.41, 5.74) is 6.94. The monoisotopic (exact) mass is 282 g/mol. The number of benzene rings is 1. The predicted molar refractivity (Wildman–Crippen MR) is 85.9 cm³/mol. The normalized spacial score (nSPS) is 14.1. The lowest BCUT2D eigenvalue weighted by Gasteiger charge is -2.31. The molecule has 0 amide bonds. The molecule has 2 nitrogen and oxygen atoms in total. The molecule has 0 aliphatic rings. The number of nitrogens with one attached hydrogen (secondary N) is 1. The van der Waals surface area contributed by atoms with Gasteiger partial charge in [0.15, 0.2) is 0 Å². The fourth-order valence-corrected chi connectivity index (χ4v) is 2.44. The van der Waals surface area contributed by atoms with Crippen molar-refractivity contribution in [1.29, 1.82) is 0 Å². The minimum Gasteiger partial charge on any atom is -0.379 e. The van der Waals surface area contributed by atoms with Gasteiger partial charge in [-0.1, -0.05) is 56.7 Å². The van der Waals surface area contributed by atoms with Gasteiger partial charge in [0.1, 0.15) is 0 Å². The number of rotatable bonds is 9. The molecule has 0 saturated carbocycles. The highest BCUT2D eigenvalue weighted by Crippen LogP contribution is 2.23. The number of anilines is 1. The van der Waals surface area contributed by atoms with Gasteiger partial charge >= 0.3 is 0 Å². The molecule has 0 saturated heterocycles. The Balaban J connectivity index is 2.45. The molecule has 1 atom stereocenters. The van der Waals surface area contributed by atoms with Gasteiger partial charge in [0, 0.05) is 22.8 Å². The topological polar surface area (TPSA) is 38.0 Å². The molecule has 1 aromatic rings. The molecule has 0 spiro atoms. The van der Waals surface area contributed by atoms with Gasteiger partial charge in [-0.3, -0.25) is 0 Å². The summed E-state index contributed by atoms with van der Waals surface area (Å²) >= 11 is 6.01. The Morgan fingerprint density at radius 1 is 1.21 bits per heavy atom. The molecule has 0 aromatic heterocycles. The number of hydrogen-bond donors (Lipinski definition) is 2. The molecule has 0 fully saturated rings. The molecule has 0 aliphatic heterocycles. The molecule has 1 aromatic carbocycles. The number of hydrogen-bond acceptors (Lipinski definition) is 2. The van der Waals surface area contributed by atoms with Crippen LogP contribution in [0.25, 0.3) is 0 Å². The summed E-state index contributed by atoms with van der Waals surface area (Å²) in [5.74, 6) is 0. The third-order valence-electron chi connectivity index (χ3n) is 3.55. The van der Waals surface area contributed by atoms with Crippen molar-refractivity contribution in [3.63, 3.8) is 0 Å². The van der Waals surface area contributed by atoms with Crippen LogP contribution >= 0.6 is 11.6 Å². The summed E-state index contributed by atoms with van der Waals surface area (Å²) in [4.78, 5) is 0. The van der Waals surface area contributed by atoms with Crippen LogP contribution in [-0.2, 0) is 0 Å². The second-order valence-corrected chi connectivity index (χ2v) is 6.00. The van der Waals surface area contributed by atoms with Crippen LogP contribution < -0.4 is 11.1 Å². The van der Waals surface area contributed by atoms with Crippen molar-refractivity contribution in [3.05, 3.63) is 29.3 Å². The van der Waals surface area contributed by atoms with Crippen LogP contribution in [0.3, 0.4) is 0 Å². The maximum Gasteiger partial charge on any atom is 0.0467 e. The second-order valence-electron chi connectivity index (χ2n) is 5.56. The standard InChI is InChI=1S/C16H27ClN2/c1-3-4-5-6-7-11-16(2,13-18)19-15-10-8-9-14(17)12-15/h8-10,12,19H,3-7,11,13,18H2,1-2H3. The first-order valence-electron chi connectivity index (χ1n) is 7.33. The zero-order valence-electron chi connectivity index (χ0n) is 12.2. The van der Waals surface area contributed by atoms with Crippen molar-refractivity contribution in [2.45, 2.75) is 57.9 Å². The molecule has 0 radical (unpaired) electrons. The van der Waals surface area contributed by atoms with Gasteiger partial charge in [0.05, 0.1) is 0 Å². The molecule has 0 aliphatic carbocycles. The molecule has 1 rings (SSSR count). The minimum atomic E-state index is -0.0447. The van der Waals surface area contributed by atoms with E-state index in [2.05, 4.69) is 19.2 Å². The van der Waals surface area contributed by atoms with E-state index in [0.29, 0.717) is 6.54 Å². The van der Waals surface area contributed by atoms with E-state index in [9.17, 15) is 0 Å². The molecule has 19 heavy (non-hydrogen) atoms. The minimum absolute atomic E-state index is 0.0447. The Hall–Kier alpha value is -0.730. The van der Waals surface area contributed by atoms with E-state index >= 15 is 0 Å². The molecule has 108 valence electrons. The lowest BCUT2D eigenvalue weighted by molar-refractivity contribution is 0.449. The SMILES string of the molecule is CCCCCCCC(C)(CN)Nc1cccc(Cl)c1. The summed E-state index contributed by atoms with van der Waals surface area (Å²) in [6.45, 7) is 5.06. The van der Waals surface area contributed by atoms with Gasteiger partial charge in [-0.2, -0.15) is 0 Å². The summed E-state index contributed by atoms with van der Waals surface area (Å²) in [6.07, 6.45) is 7.56. The van der Waals surface area contributed by atoms with Crippen molar-refractivity contribution in [2.24, 2.45) is 5.73 Å². The maximum absolute atomic E-state index is 6.01. The van der Waals surface area contributed by atoms with E-state index in [1.807, 2.05) is 24.3 Å². The van der Waals surface area contributed by atoms with Crippen LogP contribution in [-0.4, -0.2) is 12.1 Å². The smallest absolute Gasteiger partial charge is 0.0467 e. The average Bonchev–Trinajstić information content (AvgIpc) is 2.38. The number of nitrogens with two attached hydrogens (primary N) is 1. The van der Waals surface area contributed by atoms with Crippen molar-refractivity contribution >= 4 is 17.3 Å². The Morgan fingerprint density at radius 2 is 1.95 bits per heavy atom. The van der Waals surface area contributed by atoms with Gasteiger partial charge in [0.25, 0.3) is 0 Å². The highest BCUT2D eigenvalue weighted by molar-refractivity contribution is 6.30. The fourth-order valence-electron chi connectivity index (χ4n) is 2.25. The first-order valence-corrected chi connectivity index (χ1v) is 7.71. The highest BCUT2D eigenvalue weighted by atomic mass is 35.5. The summed E-state index contributed by atoms with van der Waals surface area (Å²) in [6, 6.07) is 7.84. The molecular formula is C16H27ClN2. The summed E-state index contributed by atoms with van der Waals surface area (Å²) in [7, 11) is 0. The van der Waals surface area contributed by atoms with Crippen molar-refractivity contribution < 1.29 is 0 Å². The van der Waals surface area contributed by atoms with Crippen LogP contribution in [0, 0.1) is 0 Å². The van der Waals surface area contributed by atoms with E-state index < -0.39 is 0 Å². The summed E-state index contributed by atoms with van der Waals surface area (Å²) in [5, 5.41) is 4.28. The average molecular weight is 283 g/mol. The lowest BCUT2D eigenvalue weighted by atomic mass is 9.93. The van der Waals surface area contributed by atoms with E-state index in [1.165, 1.54) is 32.1 Å². The van der Waals surface area contributed by atoms with Gasteiger partial charge in [0.2, 0.25) is 0 Å². The van der Waals surface area contributed by atoms with Crippen molar-refractivity contribution in [1.82, 2.24) is 0 Å². The van der Waals surface area contributed by atoms with Crippen LogP contribution in [0.15, 0.2) is 24.3 Å². The molecule has 0 bridgehead atoms. The maximum atomic E-state index is 6.01. The first-order chi connectivity index (χ1) is 9.09. The quantitative estimate of drug-likeness (QED) is 0.637. The van der Waals surface area contributed by atoms with Gasteiger partial charge in [-0.25, -0.2) is 0 Å². The van der Waals surface area contributed by atoms with Crippen LogP contribution in [0.5, 0.6) is 0 Å².